The number of hydrogen-bond acceptors (Lipinski definition) is 3. The van der Waals surface area contributed by atoms with Crippen LogP contribution >= 0.6 is 27.5 Å². The molecule has 0 radical (unpaired) electrons. The van der Waals surface area contributed by atoms with Gasteiger partial charge in [-0.25, -0.2) is 4.98 Å². The second-order valence-corrected chi connectivity index (χ2v) is 5.34. The average Bonchev–Trinajstić information content (AvgIpc) is 2.32. The fourth-order valence-electron chi connectivity index (χ4n) is 1.72. The van der Waals surface area contributed by atoms with Crippen molar-refractivity contribution in [2.45, 2.75) is 6.54 Å². The average molecular weight is 327 g/mol. The highest BCUT2D eigenvalue weighted by Gasteiger charge is 2.09. The predicted octanol–water partition coefficient (Wildman–Crippen LogP) is 3.72. The number of anilines is 2. The molecule has 5 heteroatoms. The van der Waals surface area contributed by atoms with E-state index in [1.807, 2.05) is 42.3 Å². The third-order valence-electron chi connectivity index (χ3n) is 2.59. The van der Waals surface area contributed by atoms with E-state index in [2.05, 4.69) is 20.9 Å². The summed E-state index contributed by atoms with van der Waals surface area (Å²) in [4.78, 5) is 6.29. The number of pyridine rings is 1. The molecule has 0 saturated carbocycles. The standard InChI is InChI=1S/C13H13BrClN3/c1-18(8-9-4-2-3-5-11(9)15)13-12(16)6-10(14)7-17-13/h2-7H,8,16H2,1H3. The Morgan fingerprint density at radius 1 is 1.39 bits per heavy atom. The molecule has 0 amide bonds. The molecule has 94 valence electrons. The molecule has 0 aliphatic heterocycles. The minimum atomic E-state index is 0.638. The molecular weight excluding hydrogens is 314 g/mol. The van der Waals surface area contributed by atoms with Gasteiger partial charge in [-0.1, -0.05) is 29.8 Å². The minimum Gasteiger partial charge on any atom is -0.396 e. The van der Waals surface area contributed by atoms with Crippen molar-refractivity contribution in [2.24, 2.45) is 0 Å². The van der Waals surface area contributed by atoms with Crippen molar-refractivity contribution in [3.63, 3.8) is 0 Å². The predicted molar refractivity (Wildman–Crippen MR) is 79.9 cm³/mol. The van der Waals surface area contributed by atoms with Gasteiger partial charge in [-0.2, -0.15) is 0 Å². The summed E-state index contributed by atoms with van der Waals surface area (Å²) >= 11 is 9.48. The van der Waals surface area contributed by atoms with Gasteiger partial charge in [0.15, 0.2) is 5.82 Å². The lowest BCUT2D eigenvalue weighted by Gasteiger charge is -2.20. The molecule has 1 aromatic heterocycles. The summed E-state index contributed by atoms with van der Waals surface area (Å²) in [6, 6.07) is 9.59. The number of nitrogens with zero attached hydrogens (tertiary/aromatic N) is 2. The van der Waals surface area contributed by atoms with E-state index in [-0.39, 0.29) is 0 Å². The van der Waals surface area contributed by atoms with Crippen LogP contribution in [0.25, 0.3) is 0 Å². The zero-order valence-corrected chi connectivity index (χ0v) is 12.2. The zero-order chi connectivity index (χ0) is 13.1. The number of nitrogens with two attached hydrogens (primary N) is 1. The normalized spacial score (nSPS) is 10.4. The Kier molecular flexibility index (Phi) is 4.09. The van der Waals surface area contributed by atoms with E-state index >= 15 is 0 Å². The fraction of sp³-hybridized carbons (Fsp3) is 0.154. The maximum Gasteiger partial charge on any atom is 0.151 e. The highest BCUT2D eigenvalue weighted by Crippen LogP contribution is 2.25. The minimum absolute atomic E-state index is 0.638. The first-order chi connectivity index (χ1) is 8.58. The van der Waals surface area contributed by atoms with Gasteiger partial charge < -0.3 is 10.6 Å². The van der Waals surface area contributed by atoms with Crippen LogP contribution in [0.5, 0.6) is 0 Å². The van der Waals surface area contributed by atoms with Gasteiger partial charge in [-0.15, -0.1) is 0 Å². The van der Waals surface area contributed by atoms with E-state index in [9.17, 15) is 0 Å². The summed E-state index contributed by atoms with van der Waals surface area (Å²) in [7, 11) is 1.94. The molecule has 2 rings (SSSR count). The quantitative estimate of drug-likeness (QED) is 0.935. The van der Waals surface area contributed by atoms with E-state index in [0.717, 1.165) is 20.9 Å². The van der Waals surface area contributed by atoms with Crippen LogP contribution in [0.3, 0.4) is 0 Å². The molecular formula is C13H13BrClN3. The molecule has 2 aromatic rings. The third kappa shape index (κ3) is 2.94. The number of hydrogen-bond donors (Lipinski definition) is 1. The van der Waals surface area contributed by atoms with Crippen LogP contribution in [-0.4, -0.2) is 12.0 Å². The summed E-state index contributed by atoms with van der Waals surface area (Å²) < 4.78 is 0.870. The lowest BCUT2D eigenvalue weighted by atomic mass is 10.2. The van der Waals surface area contributed by atoms with Crippen LogP contribution < -0.4 is 10.6 Å². The third-order valence-corrected chi connectivity index (χ3v) is 3.39. The van der Waals surface area contributed by atoms with Crippen molar-refractivity contribution >= 4 is 39.0 Å². The van der Waals surface area contributed by atoms with Crippen LogP contribution in [0.4, 0.5) is 11.5 Å². The largest absolute Gasteiger partial charge is 0.396 e. The molecule has 0 spiro atoms. The molecule has 3 nitrogen and oxygen atoms in total. The van der Waals surface area contributed by atoms with Crippen molar-refractivity contribution < 1.29 is 0 Å². The Hall–Kier alpha value is -1.26. The number of benzene rings is 1. The molecule has 1 heterocycles. The number of rotatable bonds is 3. The van der Waals surface area contributed by atoms with Gasteiger partial charge in [0.05, 0.1) is 5.69 Å². The molecule has 2 N–H and O–H groups in total. The van der Waals surface area contributed by atoms with E-state index in [1.165, 1.54) is 0 Å². The topological polar surface area (TPSA) is 42.2 Å². The van der Waals surface area contributed by atoms with Crippen LogP contribution in [0.15, 0.2) is 41.0 Å². The van der Waals surface area contributed by atoms with Crippen molar-refractivity contribution in [1.29, 1.82) is 0 Å². The molecule has 0 aliphatic carbocycles. The van der Waals surface area contributed by atoms with Gasteiger partial charge >= 0.3 is 0 Å². The zero-order valence-electron chi connectivity index (χ0n) is 9.90. The second-order valence-electron chi connectivity index (χ2n) is 4.01. The maximum absolute atomic E-state index is 6.13. The lowest BCUT2D eigenvalue weighted by molar-refractivity contribution is 0.899. The van der Waals surface area contributed by atoms with E-state index in [1.54, 1.807) is 6.20 Å². The van der Waals surface area contributed by atoms with Crippen molar-refractivity contribution in [1.82, 2.24) is 4.98 Å². The first-order valence-corrected chi connectivity index (χ1v) is 6.60. The Morgan fingerprint density at radius 2 is 2.11 bits per heavy atom. The van der Waals surface area contributed by atoms with Gasteiger partial charge in [-0.05, 0) is 33.6 Å². The molecule has 0 fully saturated rings. The molecule has 0 bridgehead atoms. The Morgan fingerprint density at radius 3 is 2.78 bits per heavy atom. The number of aromatic nitrogens is 1. The van der Waals surface area contributed by atoms with E-state index in [0.29, 0.717) is 12.2 Å². The Labute approximate surface area is 120 Å². The summed E-state index contributed by atoms with van der Waals surface area (Å²) in [5, 5.41) is 0.750. The van der Waals surface area contributed by atoms with Gasteiger partial charge in [0.1, 0.15) is 0 Å². The summed E-state index contributed by atoms with van der Waals surface area (Å²) in [6.07, 6.45) is 1.73. The highest BCUT2D eigenvalue weighted by molar-refractivity contribution is 9.10. The van der Waals surface area contributed by atoms with Gasteiger partial charge in [-0.3, -0.25) is 0 Å². The molecule has 0 saturated heterocycles. The summed E-state index contributed by atoms with van der Waals surface area (Å²) in [5.74, 6) is 0.748. The SMILES string of the molecule is CN(Cc1ccccc1Cl)c1ncc(Br)cc1N. The molecule has 18 heavy (non-hydrogen) atoms. The number of halogens is 2. The molecule has 0 aliphatic rings. The van der Waals surface area contributed by atoms with Gasteiger partial charge in [0.25, 0.3) is 0 Å². The Bertz CT molecular complexity index is 560. The Balaban J connectivity index is 2.22. The second kappa shape index (κ2) is 5.59. The maximum atomic E-state index is 6.13. The van der Waals surface area contributed by atoms with Gasteiger partial charge in [0, 0.05) is 29.3 Å². The lowest BCUT2D eigenvalue weighted by Crippen LogP contribution is -2.19. The molecule has 0 atom stereocenters. The first-order valence-electron chi connectivity index (χ1n) is 5.43. The van der Waals surface area contributed by atoms with Crippen LogP contribution in [0.1, 0.15) is 5.56 Å². The number of nitrogen functional groups attached to an aromatic ring is 1. The van der Waals surface area contributed by atoms with Crippen molar-refractivity contribution in [2.75, 3.05) is 17.7 Å². The van der Waals surface area contributed by atoms with Crippen molar-refractivity contribution in [3.8, 4) is 0 Å². The first kappa shape index (κ1) is 13.2. The monoisotopic (exact) mass is 325 g/mol. The summed E-state index contributed by atoms with van der Waals surface area (Å²) in [6.45, 7) is 0.665. The van der Waals surface area contributed by atoms with Crippen molar-refractivity contribution in [3.05, 3.63) is 51.6 Å². The highest BCUT2D eigenvalue weighted by atomic mass is 79.9. The molecule has 0 unspecified atom stereocenters. The fourth-order valence-corrected chi connectivity index (χ4v) is 2.27. The van der Waals surface area contributed by atoms with Crippen LogP contribution in [0, 0.1) is 0 Å². The van der Waals surface area contributed by atoms with Crippen LogP contribution in [-0.2, 0) is 6.54 Å². The summed E-state index contributed by atoms with van der Waals surface area (Å²) in [5.41, 5.74) is 7.63. The molecule has 1 aromatic carbocycles. The van der Waals surface area contributed by atoms with E-state index < -0.39 is 0 Å². The van der Waals surface area contributed by atoms with E-state index in [4.69, 9.17) is 17.3 Å². The smallest absolute Gasteiger partial charge is 0.151 e. The van der Waals surface area contributed by atoms with Crippen LogP contribution in [0.2, 0.25) is 5.02 Å². The van der Waals surface area contributed by atoms with Gasteiger partial charge in [0.2, 0.25) is 0 Å².